The Hall–Kier alpha value is -1.94. The fourth-order valence-corrected chi connectivity index (χ4v) is 3.29. The predicted octanol–water partition coefficient (Wildman–Crippen LogP) is 3.99. The summed E-state index contributed by atoms with van der Waals surface area (Å²) in [6.07, 6.45) is 1.28. The lowest BCUT2D eigenvalue weighted by atomic mass is 10.1. The molecular formula is C20H25NO2S. The molecular weight excluding hydrogens is 318 g/mol. The van der Waals surface area contributed by atoms with Crippen molar-refractivity contribution in [2.24, 2.45) is 0 Å². The summed E-state index contributed by atoms with van der Waals surface area (Å²) in [6, 6.07) is 16.5. The summed E-state index contributed by atoms with van der Waals surface area (Å²) in [7, 11) is 1.67. The van der Waals surface area contributed by atoms with Gasteiger partial charge in [0.2, 0.25) is 5.91 Å². The van der Waals surface area contributed by atoms with Gasteiger partial charge in [-0.25, -0.2) is 0 Å². The van der Waals surface area contributed by atoms with Gasteiger partial charge < -0.3 is 10.1 Å². The number of hydrogen-bond acceptors (Lipinski definition) is 3. The van der Waals surface area contributed by atoms with Gasteiger partial charge >= 0.3 is 0 Å². The quantitative estimate of drug-likeness (QED) is 0.700. The second kappa shape index (κ2) is 10.0. The second-order valence-electron chi connectivity index (χ2n) is 5.69. The highest BCUT2D eigenvalue weighted by atomic mass is 32.2. The van der Waals surface area contributed by atoms with Crippen molar-refractivity contribution in [3.8, 4) is 5.75 Å². The highest BCUT2D eigenvalue weighted by Gasteiger charge is 2.04. The molecule has 0 aliphatic rings. The van der Waals surface area contributed by atoms with E-state index in [9.17, 15) is 4.79 Å². The number of nitrogens with one attached hydrogen (secondary N) is 1. The van der Waals surface area contributed by atoms with E-state index in [1.165, 1.54) is 11.1 Å². The molecule has 2 rings (SSSR count). The van der Waals surface area contributed by atoms with E-state index >= 15 is 0 Å². The average Bonchev–Trinajstić information content (AvgIpc) is 2.60. The van der Waals surface area contributed by atoms with E-state index in [1.807, 2.05) is 36.9 Å². The first-order valence-corrected chi connectivity index (χ1v) is 9.36. The summed E-state index contributed by atoms with van der Waals surface area (Å²) in [4.78, 5) is 11.9. The van der Waals surface area contributed by atoms with Crippen molar-refractivity contribution in [2.45, 2.75) is 25.5 Å². The summed E-state index contributed by atoms with van der Waals surface area (Å²) < 4.78 is 5.25. The van der Waals surface area contributed by atoms with Crippen LogP contribution in [0.3, 0.4) is 0 Å². The van der Waals surface area contributed by atoms with Crippen molar-refractivity contribution in [3.05, 3.63) is 65.2 Å². The fraction of sp³-hybridized carbons (Fsp3) is 0.350. The van der Waals surface area contributed by atoms with Crippen LogP contribution in [0.2, 0.25) is 0 Å². The van der Waals surface area contributed by atoms with Gasteiger partial charge in [-0.15, -0.1) is 0 Å². The number of ether oxygens (including phenoxy) is 1. The van der Waals surface area contributed by atoms with Crippen LogP contribution >= 0.6 is 11.8 Å². The summed E-state index contributed by atoms with van der Waals surface area (Å²) in [6.45, 7) is 2.74. The third kappa shape index (κ3) is 6.28. The Morgan fingerprint density at radius 2 is 1.92 bits per heavy atom. The molecule has 1 amide bonds. The zero-order valence-electron chi connectivity index (χ0n) is 14.4. The highest BCUT2D eigenvalue weighted by molar-refractivity contribution is 7.98. The first-order valence-electron chi connectivity index (χ1n) is 8.21. The average molecular weight is 343 g/mol. The van der Waals surface area contributed by atoms with Gasteiger partial charge in [0.05, 0.1) is 7.11 Å². The molecule has 0 saturated heterocycles. The van der Waals surface area contributed by atoms with E-state index in [4.69, 9.17) is 4.74 Å². The molecule has 0 aliphatic heterocycles. The summed E-state index contributed by atoms with van der Waals surface area (Å²) in [5.74, 6) is 2.92. The number of methoxy groups -OCH3 is 1. The molecule has 2 aromatic rings. The van der Waals surface area contributed by atoms with Crippen molar-refractivity contribution in [1.29, 1.82) is 0 Å². The molecule has 128 valence electrons. The standard InChI is InChI=1S/C20H25NO2S/c1-16-14-17(8-10-19(16)23-2)9-11-20(22)21-12-13-24-15-18-6-4-3-5-7-18/h3-8,10,14H,9,11-13,15H2,1-2H3,(H,21,22). The number of carbonyl (C=O) groups excluding carboxylic acids is 1. The highest BCUT2D eigenvalue weighted by Crippen LogP contribution is 2.19. The molecule has 0 aliphatic carbocycles. The number of aryl methyl sites for hydroxylation is 2. The molecule has 3 nitrogen and oxygen atoms in total. The Balaban J connectivity index is 1.60. The third-order valence-corrected chi connectivity index (χ3v) is 4.81. The number of benzene rings is 2. The monoisotopic (exact) mass is 343 g/mol. The molecule has 0 aromatic heterocycles. The Kier molecular flexibility index (Phi) is 7.69. The van der Waals surface area contributed by atoms with Crippen molar-refractivity contribution < 1.29 is 9.53 Å². The first-order chi connectivity index (χ1) is 11.7. The minimum Gasteiger partial charge on any atom is -0.496 e. The van der Waals surface area contributed by atoms with Crippen LogP contribution in [0.25, 0.3) is 0 Å². The lowest BCUT2D eigenvalue weighted by Crippen LogP contribution is -2.25. The van der Waals surface area contributed by atoms with Crippen LogP contribution in [-0.2, 0) is 17.0 Å². The molecule has 0 atom stereocenters. The molecule has 0 spiro atoms. The Bertz CT molecular complexity index is 643. The maximum Gasteiger partial charge on any atom is 0.220 e. The first kappa shape index (κ1) is 18.4. The molecule has 0 fully saturated rings. The minimum atomic E-state index is 0.115. The Morgan fingerprint density at radius 3 is 2.62 bits per heavy atom. The van der Waals surface area contributed by atoms with Crippen molar-refractivity contribution >= 4 is 17.7 Å². The lowest BCUT2D eigenvalue weighted by molar-refractivity contribution is -0.120. The smallest absolute Gasteiger partial charge is 0.220 e. The molecule has 0 bridgehead atoms. The van der Waals surface area contributed by atoms with Crippen LogP contribution in [0.4, 0.5) is 0 Å². The van der Waals surface area contributed by atoms with Crippen LogP contribution in [0.1, 0.15) is 23.1 Å². The summed E-state index contributed by atoms with van der Waals surface area (Å²) in [5.41, 5.74) is 3.60. The van der Waals surface area contributed by atoms with Crippen molar-refractivity contribution in [3.63, 3.8) is 0 Å². The molecule has 1 N–H and O–H groups in total. The largest absolute Gasteiger partial charge is 0.496 e. The van der Waals surface area contributed by atoms with Crippen LogP contribution in [0.5, 0.6) is 5.75 Å². The van der Waals surface area contributed by atoms with Crippen LogP contribution in [0.15, 0.2) is 48.5 Å². The van der Waals surface area contributed by atoms with Gasteiger partial charge in [-0.3, -0.25) is 4.79 Å². The van der Waals surface area contributed by atoms with Crippen LogP contribution in [-0.4, -0.2) is 25.3 Å². The fourth-order valence-electron chi connectivity index (χ4n) is 2.47. The topological polar surface area (TPSA) is 38.3 Å². The van der Waals surface area contributed by atoms with Crippen LogP contribution < -0.4 is 10.1 Å². The Morgan fingerprint density at radius 1 is 1.12 bits per heavy atom. The summed E-state index contributed by atoms with van der Waals surface area (Å²) in [5, 5.41) is 2.99. The SMILES string of the molecule is COc1ccc(CCC(=O)NCCSCc2ccccc2)cc1C. The normalized spacial score (nSPS) is 10.4. The molecule has 0 radical (unpaired) electrons. The second-order valence-corrected chi connectivity index (χ2v) is 6.80. The molecule has 2 aromatic carbocycles. The third-order valence-electron chi connectivity index (χ3n) is 3.78. The molecule has 0 unspecified atom stereocenters. The van der Waals surface area contributed by atoms with E-state index in [0.29, 0.717) is 6.42 Å². The van der Waals surface area contributed by atoms with Gasteiger partial charge in [-0.1, -0.05) is 42.5 Å². The van der Waals surface area contributed by atoms with E-state index in [-0.39, 0.29) is 5.91 Å². The number of amides is 1. The van der Waals surface area contributed by atoms with E-state index in [1.54, 1.807) is 7.11 Å². The van der Waals surface area contributed by atoms with Crippen LogP contribution in [0, 0.1) is 6.92 Å². The van der Waals surface area contributed by atoms with Crippen molar-refractivity contribution in [1.82, 2.24) is 5.32 Å². The van der Waals surface area contributed by atoms with E-state index < -0.39 is 0 Å². The van der Waals surface area contributed by atoms with Gasteiger partial charge in [-0.05, 0) is 36.1 Å². The maximum absolute atomic E-state index is 11.9. The zero-order valence-corrected chi connectivity index (χ0v) is 15.2. The lowest BCUT2D eigenvalue weighted by Gasteiger charge is -2.08. The maximum atomic E-state index is 11.9. The van der Waals surface area contributed by atoms with Gasteiger partial charge in [0.15, 0.2) is 0 Å². The molecule has 0 heterocycles. The molecule has 0 saturated carbocycles. The number of carbonyl (C=O) groups is 1. The van der Waals surface area contributed by atoms with E-state index in [2.05, 4.69) is 35.6 Å². The zero-order chi connectivity index (χ0) is 17.2. The Labute approximate surface area is 148 Å². The summed E-state index contributed by atoms with van der Waals surface area (Å²) >= 11 is 1.84. The van der Waals surface area contributed by atoms with Gasteiger partial charge in [0.25, 0.3) is 0 Å². The molecule has 4 heteroatoms. The van der Waals surface area contributed by atoms with Gasteiger partial charge in [-0.2, -0.15) is 11.8 Å². The number of rotatable bonds is 9. The molecule has 24 heavy (non-hydrogen) atoms. The number of hydrogen-bond donors (Lipinski definition) is 1. The van der Waals surface area contributed by atoms with E-state index in [0.717, 1.165) is 35.8 Å². The van der Waals surface area contributed by atoms with Crippen molar-refractivity contribution in [2.75, 3.05) is 19.4 Å². The minimum absolute atomic E-state index is 0.115. The van der Waals surface area contributed by atoms with Gasteiger partial charge in [0.1, 0.15) is 5.75 Å². The van der Waals surface area contributed by atoms with Gasteiger partial charge in [0, 0.05) is 24.5 Å². The predicted molar refractivity (Wildman–Crippen MR) is 102 cm³/mol. The number of thioether (sulfide) groups is 1.